The Bertz CT molecular complexity index is 643. The van der Waals surface area contributed by atoms with Crippen molar-refractivity contribution in [2.24, 2.45) is 0 Å². The number of hydrogen-bond donors (Lipinski definition) is 2. The number of imidazole rings is 1. The quantitative estimate of drug-likeness (QED) is 0.750. The summed E-state index contributed by atoms with van der Waals surface area (Å²) in [5.74, 6) is 0. The van der Waals surface area contributed by atoms with Crippen LogP contribution in [0.15, 0.2) is 54.2 Å². The first kappa shape index (κ1) is 13.1. The van der Waals surface area contributed by atoms with Crippen molar-refractivity contribution >= 4 is 11.3 Å². The molecule has 0 saturated heterocycles. The van der Waals surface area contributed by atoms with Gasteiger partial charge in [-0.05, 0) is 23.9 Å². The number of rotatable bonds is 5. The van der Waals surface area contributed by atoms with Gasteiger partial charge in [0.1, 0.15) is 0 Å². The molecule has 1 atom stereocenters. The third-order valence-electron chi connectivity index (χ3n) is 3.37. The van der Waals surface area contributed by atoms with Crippen molar-refractivity contribution in [2.45, 2.75) is 19.5 Å². The summed E-state index contributed by atoms with van der Waals surface area (Å²) in [5, 5.41) is 5.73. The fourth-order valence-corrected chi connectivity index (χ4v) is 3.07. The Morgan fingerprint density at radius 1 is 1.20 bits per heavy atom. The Kier molecular flexibility index (Phi) is 3.95. The molecule has 3 nitrogen and oxygen atoms in total. The standard InChI is InChI=1S/C16H17N3S/c1-12-14(19-11-18-12)10-17-16(15-8-5-9-20-15)13-6-3-2-4-7-13/h2-9,11,16-17H,10H2,1H3,(H,18,19). The molecule has 0 aliphatic heterocycles. The predicted molar refractivity (Wildman–Crippen MR) is 82.8 cm³/mol. The molecular weight excluding hydrogens is 266 g/mol. The smallest absolute Gasteiger partial charge is 0.0925 e. The minimum absolute atomic E-state index is 0.215. The SMILES string of the molecule is Cc1[nH]cnc1CNC(c1ccccc1)c1cccs1. The van der Waals surface area contributed by atoms with Gasteiger partial charge in [0.25, 0.3) is 0 Å². The lowest BCUT2D eigenvalue weighted by Gasteiger charge is -2.17. The zero-order valence-corrected chi connectivity index (χ0v) is 12.2. The van der Waals surface area contributed by atoms with E-state index < -0.39 is 0 Å². The molecule has 1 unspecified atom stereocenters. The van der Waals surface area contributed by atoms with Crippen LogP contribution >= 0.6 is 11.3 Å². The summed E-state index contributed by atoms with van der Waals surface area (Å²) in [5.41, 5.74) is 3.47. The second-order valence-electron chi connectivity index (χ2n) is 4.71. The van der Waals surface area contributed by atoms with Crippen molar-refractivity contribution in [1.29, 1.82) is 0 Å². The second-order valence-corrected chi connectivity index (χ2v) is 5.69. The zero-order valence-electron chi connectivity index (χ0n) is 11.3. The molecule has 0 fully saturated rings. The Morgan fingerprint density at radius 3 is 2.70 bits per heavy atom. The molecule has 3 rings (SSSR count). The van der Waals surface area contributed by atoms with E-state index in [2.05, 4.69) is 57.1 Å². The van der Waals surface area contributed by atoms with Crippen molar-refractivity contribution in [3.8, 4) is 0 Å². The number of thiophene rings is 1. The molecule has 0 radical (unpaired) electrons. The highest BCUT2D eigenvalue weighted by Crippen LogP contribution is 2.26. The van der Waals surface area contributed by atoms with Crippen LogP contribution < -0.4 is 5.32 Å². The summed E-state index contributed by atoms with van der Waals surface area (Å²) in [6.45, 7) is 2.81. The second kappa shape index (κ2) is 6.03. The number of benzene rings is 1. The Labute approximate surface area is 122 Å². The van der Waals surface area contributed by atoms with Crippen molar-refractivity contribution < 1.29 is 0 Å². The maximum atomic E-state index is 4.35. The number of aromatic nitrogens is 2. The highest BCUT2D eigenvalue weighted by Gasteiger charge is 2.15. The minimum atomic E-state index is 0.215. The lowest BCUT2D eigenvalue weighted by molar-refractivity contribution is 0.604. The summed E-state index contributed by atoms with van der Waals surface area (Å²) < 4.78 is 0. The Balaban J connectivity index is 1.82. The monoisotopic (exact) mass is 283 g/mol. The van der Waals surface area contributed by atoms with E-state index in [1.165, 1.54) is 10.4 Å². The summed E-state index contributed by atoms with van der Waals surface area (Å²) in [4.78, 5) is 8.79. The van der Waals surface area contributed by atoms with E-state index in [0.29, 0.717) is 0 Å². The lowest BCUT2D eigenvalue weighted by atomic mass is 10.1. The molecule has 0 spiro atoms. The molecule has 0 saturated carbocycles. The van der Waals surface area contributed by atoms with E-state index >= 15 is 0 Å². The van der Waals surface area contributed by atoms with Crippen LogP contribution in [-0.2, 0) is 6.54 Å². The molecule has 3 aromatic rings. The molecule has 1 aromatic carbocycles. The van der Waals surface area contributed by atoms with Gasteiger partial charge in [0.2, 0.25) is 0 Å². The number of aromatic amines is 1. The van der Waals surface area contributed by atoms with Crippen LogP contribution in [0.5, 0.6) is 0 Å². The van der Waals surface area contributed by atoms with Crippen LogP contribution in [0, 0.1) is 6.92 Å². The third kappa shape index (κ3) is 2.81. The van der Waals surface area contributed by atoms with Crippen LogP contribution in [0.2, 0.25) is 0 Å². The Morgan fingerprint density at radius 2 is 2.05 bits per heavy atom. The minimum Gasteiger partial charge on any atom is -0.348 e. The third-order valence-corrected chi connectivity index (χ3v) is 4.31. The van der Waals surface area contributed by atoms with Crippen molar-refractivity contribution in [1.82, 2.24) is 15.3 Å². The van der Waals surface area contributed by atoms with E-state index in [9.17, 15) is 0 Å². The van der Waals surface area contributed by atoms with Gasteiger partial charge in [0.15, 0.2) is 0 Å². The van der Waals surface area contributed by atoms with Gasteiger partial charge in [-0.1, -0.05) is 36.4 Å². The average Bonchev–Trinajstić information content (AvgIpc) is 3.13. The van der Waals surface area contributed by atoms with Gasteiger partial charge in [-0.3, -0.25) is 5.32 Å². The van der Waals surface area contributed by atoms with E-state index in [-0.39, 0.29) is 6.04 Å². The van der Waals surface area contributed by atoms with E-state index in [1.807, 2.05) is 13.0 Å². The van der Waals surface area contributed by atoms with Crippen molar-refractivity contribution in [3.63, 3.8) is 0 Å². The van der Waals surface area contributed by atoms with Gasteiger partial charge in [0.05, 0.1) is 18.1 Å². The van der Waals surface area contributed by atoms with E-state index in [4.69, 9.17) is 0 Å². The fraction of sp³-hybridized carbons (Fsp3) is 0.188. The number of nitrogens with zero attached hydrogens (tertiary/aromatic N) is 1. The first-order chi connectivity index (χ1) is 9.84. The molecule has 0 amide bonds. The van der Waals surface area contributed by atoms with Gasteiger partial charge in [0, 0.05) is 17.1 Å². The Hall–Kier alpha value is -1.91. The molecule has 0 aliphatic rings. The van der Waals surface area contributed by atoms with E-state index in [0.717, 1.165) is 17.9 Å². The first-order valence-corrected chi connectivity index (χ1v) is 7.53. The largest absolute Gasteiger partial charge is 0.348 e. The summed E-state index contributed by atoms with van der Waals surface area (Å²) in [6.07, 6.45) is 1.75. The summed E-state index contributed by atoms with van der Waals surface area (Å²) >= 11 is 1.78. The lowest BCUT2D eigenvalue weighted by Crippen LogP contribution is -2.21. The molecular formula is C16H17N3S. The van der Waals surface area contributed by atoms with Crippen molar-refractivity contribution in [2.75, 3.05) is 0 Å². The normalized spacial score (nSPS) is 12.4. The highest BCUT2D eigenvalue weighted by atomic mass is 32.1. The first-order valence-electron chi connectivity index (χ1n) is 6.65. The number of aryl methyl sites for hydroxylation is 1. The van der Waals surface area contributed by atoms with Crippen LogP contribution in [-0.4, -0.2) is 9.97 Å². The van der Waals surface area contributed by atoms with Gasteiger partial charge in [-0.2, -0.15) is 0 Å². The summed E-state index contributed by atoms with van der Waals surface area (Å²) in [6, 6.07) is 15.0. The molecule has 2 N–H and O–H groups in total. The molecule has 102 valence electrons. The van der Waals surface area contributed by atoms with Crippen molar-refractivity contribution in [3.05, 3.63) is 76.0 Å². The number of hydrogen-bond acceptors (Lipinski definition) is 3. The number of nitrogens with one attached hydrogen (secondary N) is 2. The van der Waals surface area contributed by atoms with Gasteiger partial charge in [-0.15, -0.1) is 11.3 Å². The fourth-order valence-electron chi connectivity index (χ4n) is 2.25. The van der Waals surface area contributed by atoms with Crippen LogP contribution in [0.4, 0.5) is 0 Å². The average molecular weight is 283 g/mol. The molecule has 0 aliphatic carbocycles. The van der Waals surface area contributed by atoms with Crippen LogP contribution in [0.3, 0.4) is 0 Å². The molecule has 20 heavy (non-hydrogen) atoms. The summed E-state index contributed by atoms with van der Waals surface area (Å²) in [7, 11) is 0. The molecule has 2 heterocycles. The molecule has 4 heteroatoms. The van der Waals surface area contributed by atoms with Gasteiger partial charge >= 0.3 is 0 Å². The highest BCUT2D eigenvalue weighted by molar-refractivity contribution is 7.10. The number of H-pyrrole nitrogens is 1. The van der Waals surface area contributed by atoms with Crippen LogP contribution in [0.1, 0.15) is 27.9 Å². The maximum Gasteiger partial charge on any atom is 0.0925 e. The van der Waals surface area contributed by atoms with Crippen LogP contribution in [0.25, 0.3) is 0 Å². The van der Waals surface area contributed by atoms with Gasteiger partial charge in [-0.25, -0.2) is 4.98 Å². The zero-order chi connectivity index (χ0) is 13.8. The topological polar surface area (TPSA) is 40.7 Å². The van der Waals surface area contributed by atoms with E-state index in [1.54, 1.807) is 17.7 Å². The molecule has 0 bridgehead atoms. The molecule has 2 aromatic heterocycles. The van der Waals surface area contributed by atoms with Gasteiger partial charge < -0.3 is 4.98 Å². The maximum absolute atomic E-state index is 4.35. The predicted octanol–water partition coefficient (Wildman–Crippen LogP) is 3.66.